The standard InChI is InChI=1S/C24H22N4O3/c1-16(29)25-18-11-13-19(14-12-18)26-22(30)15-28-23(17-7-3-2-4-8-17)27-21-10-6-5-9-20(21)24(28)31/h2-14,23,27H,15H2,1H3,(H,25,29)(H,26,30). The Morgan fingerprint density at radius 3 is 2.16 bits per heavy atom. The normalized spacial score (nSPS) is 14.9. The second-order valence-electron chi connectivity index (χ2n) is 7.24. The summed E-state index contributed by atoms with van der Waals surface area (Å²) in [6.45, 7) is 1.31. The molecule has 0 fully saturated rings. The molecule has 3 amide bonds. The van der Waals surface area contributed by atoms with Gasteiger partial charge in [-0.3, -0.25) is 14.4 Å². The summed E-state index contributed by atoms with van der Waals surface area (Å²) in [5.41, 5.74) is 3.38. The lowest BCUT2D eigenvalue weighted by molar-refractivity contribution is -0.117. The third kappa shape index (κ3) is 4.56. The van der Waals surface area contributed by atoms with Crippen LogP contribution in [0.4, 0.5) is 17.1 Å². The van der Waals surface area contributed by atoms with Crippen molar-refractivity contribution in [1.29, 1.82) is 0 Å². The van der Waals surface area contributed by atoms with Crippen LogP contribution in [0.5, 0.6) is 0 Å². The lowest BCUT2D eigenvalue weighted by Gasteiger charge is -2.37. The number of carbonyl (C=O) groups is 3. The molecule has 0 radical (unpaired) electrons. The fourth-order valence-corrected chi connectivity index (χ4v) is 3.55. The van der Waals surface area contributed by atoms with Gasteiger partial charge in [-0.2, -0.15) is 0 Å². The zero-order chi connectivity index (χ0) is 21.8. The van der Waals surface area contributed by atoms with Crippen LogP contribution in [-0.2, 0) is 9.59 Å². The molecule has 1 aliphatic heterocycles. The van der Waals surface area contributed by atoms with Crippen molar-refractivity contribution >= 4 is 34.8 Å². The highest BCUT2D eigenvalue weighted by atomic mass is 16.2. The maximum atomic E-state index is 13.2. The molecule has 3 aromatic rings. The highest BCUT2D eigenvalue weighted by Gasteiger charge is 2.33. The number of nitrogens with one attached hydrogen (secondary N) is 3. The van der Waals surface area contributed by atoms with Crippen LogP contribution in [-0.4, -0.2) is 29.2 Å². The molecule has 3 aromatic carbocycles. The first kappa shape index (κ1) is 20.2. The predicted molar refractivity (Wildman–Crippen MR) is 120 cm³/mol. The molecule has 1 heterocycles. The first-order chi connectivity index (χ1) is 15.0. The Kier molecular flexibility index (Phi) is 5.66. The van der Waals surface area contributed by atoms with Crippen molar-refractivity contribution in [2.75, 3.05) is 22.5 Å². The van der Waals surface area contributed by atoms with Gasteiger partial charge in [0.25, 0.3) is 5.91 Å². The molecule has 7 nitrogen and oxygen atoms in total. The zero-order valence-electron chi connectivity index (χ0n) is 17.0. The van der Waals surface area contributed by atoms with Crippen molar-refractivity contribution in [2.24, 2.45) is 0 Å². The number of amides is 3. The van der Waals surface area contributed by atoms with E-state index in [1.54, 1.807) is 36.4 Å². The quantitative estimate of drug-likeness (QED) is 0.592. The van der Waals surface area contributed by atoms with Gasteiger partial charge in [0.1, 0.15) is 12.7 Å². The average Bonchev–Trinajstić information content (AvgIpc) is 2.77. The zero-order valence-corrected chi connectivity index (χ0v) is 17.0. The average molecular weight is 414 g/mol. The topological polar surface area (TPSA) is 90.5 Å². The number of para-hydroxylation sites is 1. The van der Waals surface area contributed by atoms with Crippen molar-refractivity contribution < 1.29 is 14.4 Å². The molecule has 156 valence electrons. The molecule has 0 saturated carbocycles. The fourth-order valence-electron chi connectivity index (χ4n) is 3.55. The largest absolute Gasteiger partial charge is 0.361 e. The van der Waals surface area contributed by atoms with Crippen LogP contribution in [0.3, 0.4) is 0 Å². The number of hydrogen-bond acceptors (Lipinski definition) is 4. The number of nitrogens with zero attached hydrogens (tertiary/aromatic N) is 1. The first-order valence-electron chi connectivity index (χ1n) is 9.90. The number of anilines is 3. The Labute approximate surface area is 180 Å². The third-order valence-electron chi connectivity index (χ3n) is 4.94. The van der Waals surface area contributed by atoms with Crippen LogP contribution in [0.15, 0.2) is 78.9 Å². The number of fused-ring (bicyclic) bond motifs is 1. The Hall–Kier alpha value is -4.13. The van der Waals surface area contributed by atoms with E-state index < -0.39 is 6.17 Å². The van der Waals surface area contributed by atoms with Crippen molar-refractivity contribution in [3.05, 3.63) is 90.0 Å². The van der Waals surface area contributed by atoms with Crippen LogP contribution in [0.1, 0.15) is 29.0 Å². The summed E-state index contributed by atoms with van der Waals surface area (Å²) in [5, 5.41) is 8.86. The maximum absolute atomic E-state index is 13.2. The molecule has 1 unspecified atom stereocenters. The van der Waals surface area contributed by atoms with Crippen LogP contribution >= 0.6 is 0 Å². The second-order valence-corrected chi connectivity index (χ2v) is 7.24. The van der Waals surface area contributed by atoms with Crippen LogP contribution in [0, 0.1) is 0 Å². The molecule has 0 bridgehead atoms. The van der Waals surface area contributed by atoms with Crippen molar-refractivity contribution in [1.82, 2.24) is 4.90 Å². The lowest BCUT2D eigenvalue weighted by atomic mass is 10.0. The van der Waals surface area contributed by atoms with Crippen LogP contribution < -0.4 is 16.0 Å². The number of carbonyl (C=O) groups excluding carboxylic acids is 3. The van der Waals surface area contributed by atoms with Gasteiger partial charge in [0.2, 0.25) is 11.8 Å². The van der Waals surface area contributed by atoms with Gasteiger partial charge in [-0.15, -0.1) is 0 Å². The van der Waals surface area contributed by atoms with Gasteiger partial charge in [0.15, 0.2) is 0 Å². The van der Waals surface area contributed by atoms with E-state index in [-0.39, 0.29) is 24.3 Å². The summed E-state index contributed by atoms with van der Waals surface area (Å²) in [6, 6.07) is 23.6. The predicted octanol–water partition coefficient (Wildman–Crippen LogP) is 3.85. The highest BCUT2D eigenvalue weighted by Crippen LogP contribution is 2.32. The lowest BCUT2D eigenvalue weighted by Crippen LogP contribution is -2.46. The Morgan fingerprint density at radius 1 is 0.871 bits per heavy atom. The van der Waals surface area contributed by atoms with E-state index in [1.807, 2.05) is 42.5 Å². The minimum atomic E-state index is -0.462. The van der Waals surface area contributed by atoms with E-state index in [4.69, 9.17) is 0 Å². The summed E-state index contributed by atoms with van der Waals surface area (Å²) in [5.74, 6) is -0.692. The minimum absolute atomic E-state index is 0.118. The summed E-state index contributed by atoms with van der Waals surface area (Å²) in [7, 11) is 0. The fraction of sp³-hybridized carbons (Fsp3) is 0.125. The maximum Gasteiger partial charge on any atom is 0.258 e. The second kappa shape index (κ2) is 8.71. The van der Waals surface area contributed by atoms with E-state index in [0.717, 1.165) is 11.3 Å². The molecule has 4 rings (SSSR count). The molecule has 0 saturated heterocycles. The van der Waals surface area contributed by atoms with Gasteiger partial charge in [-0.25, -0.2) is 0 Å². The van der Waals surface area contributed by atoms with Gasteiger partial charge in [0.05, 0.1) is 5.56 Å². The molecule has 0 spiro atoms. The molecule has 3 N–H and O–H groups in total. The van der Waals surface area contributed by atoms with E-state index in [0.29, 0.717) is 16.9 Å². The first-order valence-corrected chi connectivity index (χ1v) is 9.90. The van der Waals surface area contributed by atoms with Gasteiger partial charge in [0, 0.05) is 24.0 Å². The van der Waals surface area contributed by atoms with E-state index in [9.17, 15) is 14.4 Å². The number of benzene rings is 3. The molecule has 1 atom stereocenters. The van der Waals surface area contributed by atoms with E-state index in [2.05, 4.69) is 16.0 Å². The molecule has 31 heavy (non-hydrogen) atoms. The Balaban J connectivity index is 1.53. The summed E-state index contributed by atoms with van der Waals surface area (Å²) in [4.78, 5) is 38.6. The van der Waals surface area contributed by atoms with E-state index >= 15 is 0 Å². The van der Waals surface area contributed by atoms with E-state index in [1.165, 1.54) is 11.8 Å². The van der Waals surface area contributed by atoms with Gasteiger partial charge >= 0.3 is 0 Å². The molecular formula is C24H22N4O3. The third-order valence-corrected chi connectivity index (χ3v) is 4.94. The van der Waals surface area contributed by atoms with Crippen LogP contribution in [0.2, 0.25) is 0 Å². The molecule has 1 aliphatic rings. The van der Waals surface area contributed by atoms with Crippen molar-refractivity contribution in [3.8, 4) is 0 Å². The summed E-state index contributed by atoms with van der Waals surface area (Å²) in [6.07, 6.45) is -0.462. The monoisotopic (exact) mass is 414 g/mol. The molecule has 0 aromatic heterocycles. The summed E-state index contributed by atoms with van der Waals surface area (Å²) < 4.78 is 0. The number of hydrogen-bond donors (Lipinski definition) is 3. The summed E-state index contributed by atoms with van der Waals surface area (Å²) >= 11 is 0. The molecular weight excluding hydrogens is 392 g/mol. The number of rotatable bonds is 5. The SMILES string of the molecule is CC(=O)Nc1ccc(NC(=O)CN2C(=O)c3ccccc3NC2c2ccccc2)cc1. The molecule has 7 heteroatoms. The van der Waals surface area contributed by atoms with Crippen molar-refractivity contribution in [2.45, 2.75) is 13.1 Å². The van der Waals surface area contributed by atoms with Crippen LogP contribution in [0.25, 0.3) is 0 Å². The van der Waals surface area contributed by atoms with Gasteiger partial charge < -0.3 is 20.9 Å². The minimum Gasteiger partial charge on any atom is -0.361 e. The Morgan fingerprint density at radius 2 is 1.48 bits per heavy atom. The Bertz CT molecular complexity index is 1110. The van der Waals surface area contributed by atoms with Gasteiger partial charge in [-0.1, -0.05) is 42.5 Å². The van der Waals surface area contributed by atoms with Gasteiger partial charge in [-0.05, 0) is 42.0 Å². The molecule has 0 aliphatic carbocycles. The smallest absolute Gasteiger partial charge is 0.258 e. The van der Waals surface area contributed by atoms with Crippen molar-refractivity contribution in [3.63, 3.8) is 0 Å². The highest BCUT2D eigenvalue weighted by molar-refractivity contribution is 6.04.